The second kappa shape index (κ2) is 4.15. The van der Waals surface area contributed by atoms with Crippen LogP contribution in [0.2, 0.25) is 5.02 Å². The summed E-state index contributed by atoms with van der Waals surface area (Å²) in [6, 6.07) is 3.86. The fourth-order valence-electron chi connectivity index (χ4n) is 0.755. The highest BCUT2D eigenvalue weighted by Gasteiger charge is 2.11. The first-order valence-corrected chi connectivity index (χ1v) is 6.09. The van der Waals surface area contributed by atoms with Gasteiger partial charge >= 0.3 is 10.3 Å². The number of benzene rings is 1. The van der Waals surface area contributed by atoms with Gasteiger partial charge in [-0.2, -0.15) is 0 Å². The van der Waals surface area contributed by atoms with Gasteiger partial charge in [0.25, 0.3) is 15.2 Å². The van der Waals surface area contributed by atoms with Crippen molar-refractivity contribution in [2.45, 2.75) is 0 Å². The zero-order valence-electron chi connectivity index (χ0n) is 5.55. The molecule has 0 spiro atoms. The Morgan fingerprint density at radius 3 is 3.00 bits per heavy atom. The normalized spacial score (nSPS) is 9.83. The van der Waals surface area contributed by atoms with Crippen molar-refractivity contribution in [1.82, 2.24) is 4.37 Å². The molecule has 0 saturated carbocycles. The van der Waals surface area contributed by atoms with E-state index in [2.05, 4.69) is 20.3 Å². The molecule has 0 aliphatic rings. The Morgan fingerprint density at radius 1 is 1.50 bits per heavy atom. The van der Waals surface area contributed by atoms with Gasteiger partial charge in [-0.15, -0.1) is 4.37 Å². The summed E-state index contributed by atoms with van der Waals surface area (Å²) in [6.07, 6.45) is 0. The summed E-state index contributed by atoms with van der Waals surface area (Å²) in [5, 5.41) is 0.744. The van der Waals surface area contributed by atoms with Gasteiger partial charge in [0.2, 0.25) is 0 Å². The van der Waals surface area contributed by atoms with E-state index in [0.29, 0.717) is 0 Å². The fraction of sp³-hybridized carbons (Fsp3) is 0. The third-order valence-electron chi connectivity index (χ3n) is 1.26. The minimum atomic E-state index is 0. The van der Waals surface area contributed by atoms with Crippen LogP contribution in [-0.2, 0) is 0 Å². The van der Waals surface area contributed by atoms with Crippen molar-refractivity contribution in [1.29, 1.82) is 0 Å². The van der Waals surface area contributed by atoms with Crippen molar-refractivity contribution in [2.75, 3.05) is 0 Å². The van der Waals surface area contributed by atoms with Crippen molar-refractivity contribution in [3.05, 3.63) is 21.6 Å². The minimum absolute atomic E-state index is 0. The molecule has 0 bridgehead atoms. The van der Waals surface area contributed by atoms with Crippen LogP contribution in [0.1, 0.15) is 0 Å². The maximum Gasteiger partial charge on any atom is 0.323 e. The van der Waals surface area contributed by atoms with Crippen LogP contribution in [0.3, 0.4) is 0 Å². The molecule has 2 aromatic rings. The number of fused-ring (bicyclic) bond motifs is 1. The van der Waals surface area contributed by atoms with Crippen molar-refractivity contribution in [3.8, 4) is 0 Å². The molecular formula is C6H2BrCl2NS2. The second-order valence-electron chi connectivity index (χ2n) is 1.98. The first-order valence-electron chi connectivity index (χ1n) is 2.81. The molecule has 0 amide bonds. The van der Waals surface area contributed by atoms with Crippen LogP contribution < -0.4 is 12.4 Å². The molecule has 1 aromatic heterocycles. The highest BCUT2D eigenvalue weighted by Crippen LogP contribution is 2.30. The van der Waals surface area contributed by atoms with E-state index in [1.165, 1.54) is 10.5 Å². The Labute approximate surface area is 96.5 Å². The van der Waals surface area contributed by atoms with Crippen LogP contribution in [0, 0.1) is 0 Å². The lowest BCUT2D eigenvalue weighted by molar-refractivity contribution is -0.00000186. The first-order chi connectivity index (χ1) is 5.27. The molecule has 64 valence electrons. The van der Waals surface area contributed by atoms with Crippen LogP contribution in [0.5, 0.6) is 0 Å². The predicted octanol–water partition coefficient (Wildman–Crippen LogP) is 1.06. The van der Waals surface area contributed by atoms with Crippen molar-refractivity contribution in [2.24, 2.45) is 0 Å². The highest BCUT2D eigenvalue weighted by atomic mass is 79.9. The number of hydrogen-bond donors (Lipinski definition) is 0. The maximum absolute atomic E-state index is 5.88. The van der Waals surface area contributed by atoms with E-state index in [-0.39, 0.29) is 12.4 Å². The van der Waals surface area contributed by atoms with E-state index in [1.807, 2.05) is 12.1 Å². The Bertz CT molecular complexity index is 367. The van der Waals surface area contributed by atoms with Gasteiger partial charge in [-0.25, -0.2) is 0 Å². The van der Waals surface area contributed by atoms with E-state index in [1.54, 1.807) is 10.3 Å². The third kappa shape index (κ3) is 1.88. The molecule has 6 heteroatoms. The standard InChI is InChI=1S/C6H2BrClNS2.ClH/c7-3-1-5-6(2-4(3)8)10-11-9-5;/h1-2H;1H/q+1;/p-1. The molecule has 0 fully saturated rings. The Balaban J connectivity index is 0.000000720. The van der Waals surface area contributed by atoms with E-state index < -0.39 is 0 Å². The summed E-state index contributed by atoms with van der Waals surface area (Å²) in [4.78, 5) is 0. The van der Waals surface area contributed by atoms with Gasteiger partial charge in [0, 0.05) is 10.5 Å². The Hall–Kier alpha value is 0.520. The summed E-state index contributed by atoms with van der Waals surface area (Å²) in [7, 11) is 3.12. The average molecular weight is 303 g/mol. The lowest BCUT2D eigenvalue weighted by atomic mass is 10.3. The Kier molecular flexibility index (Phi) is 3.67. The van der Waals surface area contributed by atoms with Gasteiger partial charge in [-0.3, -0.25) is 0 Å². The molecule has 12 heavy (non-hydrogen) atoms. The van der Waals surface area contributed by atoms with Crippen LogP contribution in [0.25, 0.3) is 10.2 Å². The molecule has 0 N–H and O–H groups in total. The summed E-state index contributed by atoms with van der Waals surface area (Å²) in [5.41, 5.74) is 1.01. The summed E-state index contributed by atoms with van der Waals surface area (Å²) < 4.78 is 6.24. The Morgan fingerprint density at radius 2 is 2.25 bits per heavy atom. The minimum Gasteiger partial charge on any atom is -1.00 e. The van der Waals surface area contributed by atoms with Crippen molar-refractivity contribution >= 4 is 58.6 Å². The van der Waals surface area contributed by atoms with Gasteiger partial charge in [-0.05, 0) is 22.0 Å². The SMILES string of the molecule is Clc1cc2[s+]snc2cc1Br.[Cl-]. The monoisotopic (exact) mass is 301 g/mol. The lowest BCUT2D eigenvalue weighted by Gasteiger charge is -1.88. The largest absolute Gasteiger partial charge is 1.00 e. The molecule has 0 saturated heterocycles. The third-order valence-corrected chi connectivity index (χ3v) is 4.30. The van der Waals surface area contributed by atoms with Crippen LogP contribution in [0.4, 0.5) is 0 Å². The molecule has 0 aliphatic carbocycles. The molecule has 1 nitrogen and oxygen atoms in total. The number of nitrogens with zero attached hydrogens (tertiary/aromatic N) is 1. The fourth-order valence-corrected chi connectivity index (χ4v) is 3.07. The predicted molar refractivity (Wildman–Crippen MR) is 54.6 cm³/mol. The number of rotatable bonds is 0. The maximum atomic E-state index is 5.88. The van der Waals surface area contributed by atoms with Gasteiger partial charge in [0.15, 0.2) is 0 Å². The number of halogens is 3. The highest BCUT2D eigenvalue weighted by molar-refractivity contribution is 9.10. The quantitative estimate of drug-likeness (QED) is 0.524. The molecular weight excluding hydrogens is 301 g/mol. The van der Waals surface area contributed by atoms with Gasteiger partial charge in [-0.1, -0.05) is 11.6 Å². The summed E-state index contributed by atoms with van der Waals surface area (Å²) >= 11 is 9.22. The number of hydrogen-bond acceptors (Lipinski definition) is 2. The molecule has 1 heterocycles. The lowest BCUT2D eigenvalue weighted by Crippen LogP contribution is -3.00. The van der Waals surface area contributed by atoms with Crippen LogP contribution in [-0.4, -0.2) is 4.37 Å². The summed E-state index contributed by atoms with van der Waals surface area (Å²) in [6.45, 7) is 0. The van der Waals surface area contributed by atoms with E-state index in [9.17, 15) is 0 Å². The zero-order chi connectivity index (χ0) is 7.84. The van der Waals surface area contributed by atoms with Crippen LogP contribution >= 0.6 is 48.4 Å². The molecule has 0 atom stereocenters. The van der Waals surface area contributed by atoms with E-state index >= 15 is 0 Å². The van der Waals surface area contributed by atoms with E-state index in [4.69, 9.17) is 11.6 Å². The topological polar surface area (TPSA) is 12.9 Å². The van der Waals surface area contributed by atoms with Gasteiger partial charge < -0.3 is 12.4 Å². The van der Waals surface area contributed by atoms with Gasteiger partial charge in [0.05, 0.1) is 5.02 Å². The van der Waals surface area contributed by atoms with Crippen LogP contribution in [0.15, 0.2) is 16.6 Å². The van der Waals surface area contributed by atoms with Crippen molar-refractivity contribution < 1.29 is 12.4 Å². The summed E-state index contributed by atoms with van der Waals surface area (Å²) in [5.74, 6) is 0. The molecule has 2 rings (SSSR count). The molecule has 0 radical (unpaired) electrons. The zero-order valence-corrected chi connectivity index (χ0v) is 10.3. The first kappa shape index (κ1) is 10.6. The number of aromatic nitrogens is 1. The van der Waals surface area contributed by atoms with Crippen molar-refractivity contribution in [3.63, 3.8) is 0 Å². The molecule has 1 aromatic carbocycles. The molecule has 0 unspecified atom stereocenters. The average Bonchev–Trinajstić information content (AvgIpc) is 2.36. The van der Waals surface area contributed by atoms with E-state index in [0.717, 1.165) is 19.7 Å². The second-order valence-corrected chi connectivity index (χ2v) is 5.13. The molecule has 0 aliphatic heterocycles. The smallest absolute Gasteiger partial charge is 0.323 e. The van der Waals surface area contributed by atoms with Gasteiger partial charge in [0.1, 0.15) is 5.52 Å².